The van der Waals surface area contributed by atoms with Crippen molar-refractivity contribution < 1.29 is 4.52 Å². The van der Waals surface area contributed by atoms with Crippen molar-refractivity contribution in [1.82, 2.24) is 0 Å². The fourth-order valence-corrected chi connectivity index (χ4v) is 10.1. The smallest absolute Gasteiger partial charge is 0.222 e. The van der Waals surface area contributed by atoms with E-state index in [-0.39, 0.29) is 0 Å². The standard InChI is InChI=1S/C8H8ClOPS3/c9-7-1-3-8(4-2-7)10-11(12)13-5-6-14-11/h1-4H,5-6H2. The summed E-state index contributed by atoms with van der Waals surface area (Å²) in [4.78, 5) is 0. The second-order valence-corrected chi connectivity index (χ2v) is 13.8. The lowest BCUT2D eigenvalue weighted by Crippen LogP contribution is -1.82. The molecule has 0 aromatic heterocycles. The minimum atomic E-state index is -1.68. The van der Waals surface area contributed by atoms with Crippen LogP contribution in [0, 0.1) is 0 Å². The molecule has 0 unspecified atom stereocenters. The first kappa shape index (κ1) is 11.2. The van der Waals surface area contributed by atoms with Crippen LogP contribution in [0.3, 0.4) is 0 Å². The first-order chi connectivity index (χ1) is 6.68. The van der Waals surface area contributed by atoms with Crippen LogP contribution >= 0.6 is 39.0 Å². The Morgan fingerprint density at radius 3 is 2.36 bits per heavy atom. The second-order valence-electron chi connectivity index (χ2n) is 2.66. The molecule has 76 valence electrons. The zero-order valence-corrected chi connectivity index (χ0v) is 11.3. The van der Waals surface area contributed by atoms with Crippen molar-refractivity contribution in [3.63, 3.8) is 0 Å². The SMILES string of the molecule is S=P1(Oc2ccc(Cl)cc2)SCCS1. The molecule has 1 heterocycles. The Balaban J connectivity index is 2.10. The van der Waals surface area contributed by atoms with Crippen LogP contribution < -0.4 is 4.52 Å². The minimum Gasteiger partial charge on any atom is -0.448 e. The third-order valence-corrected chi connectivity index (χ3v) is 11.4. The summed E-state index contributed by atoms with van der Waals surface area (Å²) in [5.74, 6) is 3.05. The summed E-state index contributed by atoms with van der Waals surface area (Å²) in [6, 6.07) is 7.39. The highest BCUT2D eigenvalue weighted by Crippen LogP contribution is 2.73. The van der Waals surface area contributed by atoms with E-state index >= 15 is 0 Å². The Hall–Kier alpha value is 0.660. The Bertz CT molecular complexity index is 357. The van der Waals surface area contributed by atoms with Crippen molar-refractivity contribution in [1.29, 1.82) is 0 Å². The molecule has 0 atom stereocenters. The molecule has 0 N–H and O–H groups in total. The molecule has 0 bridgehead atoms. The zero-order chi connectivity index (χ0) is 10.0. The first-order valence-electron chi connectivity index (χ1n) is 4.02. The predicted molar refractivity (Wildman–Crippen MR) is 71.3 cm³/mol. The normalized spacial score (nSPS) is 19.5. The fourth-order valence-electron chi connectivity index (χ4n) is 1.01. The zero-order valence-electron chi connectivity index (χ0n) is 7.18. The number of hydrogen-bond donors (Lipinski definition) is 0. The maximum atomic E-state index is 5.81. The van der Waals surface area contributed by atoms with Crippen LogP contribution in [0.4, 0.5) is 0 Å². The quantitative estimate of drug-likeness (QED) is 0.742. The molecule has 1 aliphatic rings. The van der Waals surface area contributed by atoms with Gasteiger partial charge in [-0.3, -0.25) is 0 Å². The Morgan fingerprint density at radius 2 is 1.79 bits per heavy atom. The van der Waals surface area contributed by atoms with Crippen LogP contribution in [0.2, 0.25) is 5.02 Å². The Morgan fingerprint density at radius 1 is 1.21 bits per heavy atom. The van der Waals surface area contributed by atoms with Crippen LogP contribution in [-0.2, 0) is 11.8 Å². The molecule has 14 heavy (non-hydrogen) atoms. The summed E-state index contributed by atoms with van der Waals surface area (Å²) in [7, 11) is 0. The molecule has 0 spiro atoms. The lowest BCUT2D eigenvalue weighted by Gasteiger charge is -2.14. The van der Waals surface area contributed by atoms with E-state index in [2.05, 4.69) is 0 Å². The molecular formula is C8H8ClOPS3. The highest BCUT2D eigenvalue weighted by Gasteiger charge is 2.26. The molecule has 1 nitrogen and oxygen atoms in total. The predicted octanol–water partition coefficient (Wildman–Crippen LogP) is 4.42. The summed E-state index contributed by atoms with van der Waals surface area (Å²) in [5.41, 5.74) is 0. The van der Waals surface area contributed by atoms with E-state index in [4.69, 9.17) is 27.9 Å². The molecule has 0 saturated carbocycles. The summed E-state index contributed by atoms with van der Waals surface area (Å²) < 4.78 is 4.13. The third-order valence-electron chi connectivity index (χ3n) is 1.61. The monoisotopic (exact) mass is 282 g/mol. The van der Waals surface area contributed by atoms with Crippen LogP contribution in [0.15, 0.2) is 24.3 Å². The third kappa shape index (κ3) is 2.83. The van der Waals surface area contributed by atoms with Crippen molar-refractivity contribution in [3.05, 3.63) is 29.3 Å². The molecule has 1 fully saturated rings. The van der Waals surface area contributed by atoms with Crippen molar-refractivity contribution in [2.24, 2.45) is 0 Å². The largest absolute Gasteiger partial charge is 0.448 e. The van der Waals surface area contributed by atoms with Gasteiger partial charge in [0.15, 0.2) is 0 Å². The van der Waals surface area contributed by atoms with Crippen molar-refractivity contribution >= 4 is 50.8 Å². The number of benzene rings is 1. The van der Waals surface area contributed by atoms with Gasteiger partial charge in [0.05, 0.1) is 0 Å². The van der Waals surface area contributed by atoms with Crippen LogP contribution in [0.5, 0.6) is 5.75 Å². The van der Waals surface area contributed by atoms with E-state index in [1.54, 1.807) is 22.8 Å². The topological polar surface area (TPSA) is 9.23 Å². The van der Waals surface area contributed by atoms with E-state index in [1.807, 2.05) is 24.3 Å². The number of halogens is 1. The Labute approximate surface area is 102 Å². The van der Waals surface area contributed by atoms with E-state index < -0.39 is 4.67 Å². The molecule has 1 aliphatic heterocycles. The Kier molecular flexibility index (Phi) is 3.72. The van der Waals surface area contributed by atoms with Gasteiger partial charge in [0.2, 0.25) is 4.67 Å². The van der Waals surface area contributed by atoms with E-state index in [0.29, 0.717) is 0 Å². The van der Waals surface area contributed by atoms with Crippen molar-refractivity contribution in [3.8, 4) is 5.75 Å². The molecule has 0 aliphatic carbocycles. The van der Waals surface area contributed by atoms with Gasteiger partial charge in [0, 0.05) is 16.5 Å². The van der Waals surface area contributed by atoms with E-state index in [0.717, 1.165) is 22.3 Å². The second kappa shape index (κ2) is 4.67. The van der Waals surface area contributed by atoms with Gasteiger partial charge in [0.1, 0.15) is 5.75 Å². The van der Waals surface area contributed by atoms with Gasteiger partial charge < -0.3 is 4.52 Å². The highest BCUT2D eigenvalue weighted by molar-refractivity contribution is 9.00. The molecular weight excluding hydrogens is 275 g/mol. The molecule has 1 aromatic carbocycles. The molecule has 1 saturated heterocycles. The molecule has 1 aromatic rings. The summed E-state index contributed by atoms with van der Waals surface area (Å²) in [5, 5.41) is 0.723. The van der Waals surface area contributed by atoms with Crippen LogP contribution in [-0.4, -0.2) is 11.5 Å². The van der Waals surface area contributed by atoms with Crippen molar-refractivity contribution in [2.45, 2.75) is 0 Å². The molecule has 6 heteroatoms. The summed E-state index contributed by atoms with van der Waals surface area (Å²) in [6.45, 7) is 0. The maximum Gasteiger partial charge on any atom is 0.222 e. The van der Waals surface area contributed by atoms with Gasteiger partial charge in [-0.1, -0.05) is 34.4 Å². The minimum absolute atomic E-state index is 0.723. The molecule has 0 radical (unpaired) electrons. The highest BCUT2D eigenvalue weighted by atomic mass is 35.5. The van der Waals surface area contributed by atoms with Crippen molar-refractivity contribution in [2.75, 3.05) is 11.5 Å². The van der Waals surface area contributed by atoms with Gasteiger partial charge in [0.25, 0.3) is 0 Å². The van der Waals surface area contributed by atoms with Crippen LogP contribution in [0.1, 0.15) is 0 Å². The van der Waals surface area contributed by atoms with E-state index in [9.17, 15) is 0 Å². The average molecular weight is 283 g/mol. The number of rotatable bonds is 2. The van der Waals surface area contributed by atoms with Gasteiger partial charge in [-0.25, -0.2) is 0 Å². The van der Waals surface area contributed by atoms with Gasteiger partial charge >= 0.3 is 0 Å². The maximum absolute atomic E-state index is 5.81. The average Bonchev–Trinajstić information content (AvgIpc) is 2.57. The van der Waals surface area contributed by atoms with Gasteiger partial charge in [-0.2, -0.15) is 0 Å². The van der Waals surface area contributed by atoms with Gasteiger partial charge in [-0.05, 0) is 36.1 Å². The number of hydrogen-bond acceptors (Lipinski definition) is 4. The first-order valence-corrected chi connectivity index (χ1v) is 10.3. The lowest BCUT2D eigenvalue weighted by atomic mass is 10.3. The van der Waals surface area contributed by atoms with Gasteiger partial charge in [-0.15, -0.1) is 0 Å². The van der Waals surface area contributed by atoms with Crippen LogP contribution in [0.25, 0.3) is 0 Å². The fraction of sp³-hybridized carbons (Fsp3) is 0.250. The van der Waals surface area contributed by atoms with E-state index in [1.165, 1.54) is 0 Å². The lowest BCUT2D eigenvalue weighted by molar-refractivity contribution is 0.638. The summed E-state index contributed by atoms with van der Waals surface area (Å²) >= 11 is 14.8. The summed E-state index contributed by atoms with van der Waals surface area (Å²) in [6.07, 6.45) is 0. The molecule has 0 amide bonds. The molecule has 2 rings (SSSR count).